The molecule has 2 N–H and O–H groups in total. The van der Waals surface area contributed by atoms with E-state index in [1.54, 1.807) is 0 Å². The van der Waals surface area contributed by atoms with Crippen LogP contribution in [0, 0.1) is 0 Å². The van der Waals surface area contributed by atoms with Crippen molar-refractivity contribution in [2.24, 2.45) is 5.73 Å². The van der Waals surface area contributed by atoms with Gasteiger partial charge in [-0.25, -0.2) is 0 Å². The number of hydrogen-bond donors (Lipinski definition) is 1. The first-order chi connectivity index (χ1) is 13.4. The molecule has 0 atom stereocenters. The lowest BCUT2D eigenvalue weighted by atomic mass is 10.0. The van der Waals surface area contributed by atoms with Gasteiger partial charge in [-0.05, 0) is 44.4 Å². The molecule has 0 unspecified atom stereocenters. The summed E-state index contributed by atoms with van der Waals surface area (Å²) in [4.78, 5) is 10.4. The number of nitrogens with zero attached hydrogens (tertiary/aromatic N) is 4. The Morgan fingerprint density at radius 1 is 0.643 bits per heavy atom. The minimum atomic E-state index is 0.628. The Bertz CT molecular complexity index is 551. The molecular formula is C23H41N5. The second kappa shape index (κ2) is 10.2. The molecule has 0 aliphatic carbocycles. The van der Waals surface area contributed by atoms with Crippen molar-refractivity contribution in [3.63, 3.8) is 0 Å². The minimum Gasteiger partial charge on any atom is -0.326 e. The molecule has 0 radical (unpaired) electrons. The van der Waals surface area contributed by atoms with Gasteiger partial charge in [-0.1, -0.05) is 18.2 Å². The predicted molar refractivity (Wildman–Crippen MR) is 118 cm³/mol. The molecule has 2 fully saturated rings. The maximum atomic E-state index is 6.02. The Hall–Kier alpha value is -0.980. The Morgan fingerprint density at radius 2 is 1.00 bits per heavy atom. The highest BCUT2D eigenvalue weighted by molar-refractivity contribution is 5.30. The maximum absolute atomic E-state index is 6.02. The Labute approximate surface area is 172 Å². The second-order valence-electron chi connectivity index (χ2n) is 9.17. The molecule has 0 bridgehead atoms. The molecular weight excluding hydrogens is 346 g/mol. The van der Waals surface area contributed by atoms with Crippen LogP contribution in [0.3, 0.4) is 0 Å². The zero-order chi connectivity index (χ0) is 20.1. The van der Waals surface area contributed by atoms with Gasteiger partial charge in [0.2, 0.25) is 0 Å². The highest BCUT2D eigenvalue weighted by Crippen LogP contribution is 2.17. The average molecular weight is 388 g/mol. The third-order valence-corrected chi connectivity index (χ3v) is 6.43. The van der Waals surface area contributed by atoms with Crippen LogP contribution in [0.25, 0.3) is 0 Å². The van der Waals surface area contributed by atoms with E-state index < -0.39 is 0 Å². The van der Waals surface area contributed by atoms with Crippen molar-refractivity contribution >= 4 is 0 Å². The molecule has 5 heteroatoms. The molecule has 0 spiro atoms. The van der Waals surface area contributed by atoms with Gasteiger partial charge in [0, 0.05) is 84.1 Å². The van der Waals surface area contributed by atoms with E-state index in [0.29, 0.717) is 18.6 Å². The molecule has 2 heterocycles. The predicted octanol–water partition coefficient (Wildman–Crippen LogP) is 2.20. The number of hydrogen-bond acceptors (Lipinski definition) is 5. The van der Waals surface area contributed by atoms with Gasteiger partial charge in [0.15, 0.2) is 0 Å². The third kappa shape index (κ3) is 6.01. The first kappa shape index (κ1) is 21.7. The SMILES string of the molecule is CC(C)N1CCN(Cc2cc(CN)cc(CN3CCN(C(C)C)CC3)c2)CC1. The summed E-state index contributed by atoms with van der Waals surface area (Å²) < 4.78 is 0. The summed E-state index contributed by atoms with van der Waals surface area (Å²) in [6.07, 6.45) is 0. The molecule has 158 valence electrons. The van der Waals surface area contributed by atoms with Crippen molar-refractivity contribution in [2.45, 2.75) is 59.4 Å². The van der Waals surface area contributed by atoms with Crippen molar-refractivity contribution in [3.05, 3.63) is 34.9 Å². The first-order valence-corrected chi connectivity index (χ1v) is 11.2. The van der Waals surface area contributed by atoms with E-state index in [1.807, 2.05) is 0 Å². The molecule has 5 nitrogen and oxygen atoms in total. The van der Waals surface area contributed by atoms with Crippen LogP contribution in [-0.2, 0) is 19.6 Å². The molecule has 1 aromatic carbocycles. The summed E-state index contributed by atoms with van der Waals surface area (Å²) in [6, 6.07) is 8.36. The summed E-state index contributed by atoms with van der Waals surface area (Å²) in [5, 5.41) is 0. The van der Waals surface area contributed by atoms with Crippen LogP contribution < -0.4 is 5.73 Å². The molecule has 1 aromatic rings. The molecule has 2 saturated heterocycles. The molecule has 2 aliphatic rings. The third-order valence-electron chi connectivity index (χ3n) is 6.43. The highest BCUT2D eigenvalue weighted by Gasteiger charge is 2.20. The minimum absolute atomic E-state index is 0.628. The van der Waals surface area contributed by atoms with Crippen molar-refractivity contribution < 1.29 is 0 Å². The fraction of sp³-hybridized carbons (Fsp3) is 0.739. The molecule has 0 aromatic heterocycles. The standard InChI is InChI=1S/C23H41N5/c1-19(2)27-9-5-25(6-10-27)17-22-13-21(16-24)14-23(15-22)18-26-7-11-28(12-8-26)20(3)4/h13-15,19-20H,5-12,16-18,24H2,1-4H3. The maximum Gasteiger partial charge on any atom is 0.0235 e. The van der Waals surface area contributed by atoms with E-state index >= 15 is 0 Å². The van der Waals surface area contributed by atoms with Crippen LogP contribution in [0.4, 0.5) is 0 Å². The number of piperazine rings is 2. The van der Waals surface area contributed by atoms with Crippen molar-refractivity contribution in [1.29, 1.82) is 0 Å². The van der Waals surface area contributed by atoms with E-state index in [9.17, 15) is 0 Å². The summed E-state index contributed by atoms with van der Waals surface area (Å²) in [7, 11) is 0. The number of nitrogens with two attached hydrogens (primary N) is 1. The fourth-order valence-electron chi connectivity index (χ4n) is 4.53. The zero-order valence-electron chi connectivity index (χ0n) is 18.5. The van der Waals surface area contributed by atoms with Crippen LogP contribution in [-0.4, -0.2) is 84.0 Å². The molecule has 3 rings (SSSR count). The van der Waals surface area contributed by atoms with E-state index in [-0.39, 0.29) is 0 Å². The van der Waals surface area contributed by atoms with Gasteiger partial charge in [-0.15, -0.1) is 0 Å². The quantitative estimate of drug-likeness (QED) is 0.777. The first-order valence-electron chi connectivity index (χ1n) is 11.2. The van der Waals surface area contributed by atoms with Gasteiger partial charge in [0.1, 0.15) is 0 Å². The largest absolute Gasteiger partial charge is 0.326 e. The van der Waals surface area contributed by atoms with Crippen molar-refractivity contribution in [1.82, 2.24) is 19.6 Å². The lowest BCUT2D eigenvalue weighted by Crippen LogP contribution is -2.48. The second-order valence-corrected chi connectivity index (χ2v) is 9.17. The number of rotatable bonds is 7. The average Bonchev–Trinajstić information content (AvgIpc) is 2.68. The smallest absolute Gasteiger partial charge is 0.0235 e. The zero-order valence-corrected chi connectivity index (χ0v) is 18.5. The molecule has 0 amide bonds. The Balaban J connectivity index is 1.58. The normalized spacial score (nSPS) is 21.1. The number of benzene rings is 1. The fourth-order valence-corrected chi connectivity index (χ4v) is 4.53. The van der Waals surface area contributed by atoms with Crippen molar-refractivity contribution in [2.75, 3.05) is 52.4 Å². The highest BCUT2D eigenvalue weighted by atomic mass is 15.3. The summed E-state index contributed by atoms with van der Waals surface area (Å²) in [5.41, 5.74) is 10.1. The van der Waals surface area contributed by atoms with Crippen LogP contribution in [0.2, 0.25) is 0 Å². The molecule has 0 saturated carbocycles. The van der Waals surface area contributed by atoms with Crippen LogP contribution in [0.15, 0.2) is 18.2 Å². The van der Waals surface area contributed by atoms with Gasteiger partial charge in [-0.2, -0.15) is 0 Å². The van der Waals surface area contributed by atoms with Gasteiger partial charge in [0.05, 0.1) is 0 Å². The Morgan fingerprint density at radius 3 is 1.32 bits per heavy atom. The van der Waals surface area contributed by atoms with E-state index in [1.165, 1.54) is 42.9 Å². The van der Waals surface area contributed by atoms with Gasteiger partial charge in [0.25, 0.3) is 0 Å². The summed E-state index contributed by atoms with van der Waals surface area (Å²) >= 11 is 0. The van der Waals surface area contributed by atoms with Crippen molar-refractivity contribution in [3.8, 4) is 0 Å². The molecule has 2 aliphatic heterocycles. The van der Waals surface area contributed by atoms with E-state index in [2.05, 4.69) is 65.5 Å². The van der Waals surface area contributed by atoms with Gasteiger partial charge in [-0.3, -0.25) is 19.6 Å². The molecule has 28 heavy (non-hydrogen) atoms. The van der Waals surface area contributed by atoms with Crippen LogP contribution >= 0.6 is 0 Å². The van der Waals surface area contributed by atoms with E-state index in [0.717, 1.165) is 39.3 Å². The summed E-state index contributed by atoms with van der Waals surface area (Å²) in [6.45, 7) is 21.3. The van der Waals surface area contributed by atoms with Crippen LogP contribution in [0.1, 0.15) is 44.4 Å². The van der Waals surface area contributed by atoms with Gasteiger partial charge >= 0.3 is 0 Å². The monoisotopic (exact) mass is 387 g/mol. The topological polar surface area (TPSA) is 39.0 Å². The Kier molecular flexibility index (Phi) is 7.89. The lowest BCUT2D eigenvalue weighted by molar-refractivity contribution is 0.103. The van der Waals surface area contributed by atoms with Crippen LogP contribution in [0.5, 0.6) is 0 Å². The van der Waals surface area contributed by atoms with E-state index in [4.69, 9.17) is 5.73 Å². The lowest BCUT2D eigenvalue weighted by Gasteiger charge is -2.37. The van der Waals surface area contributed by atoms with Gasteiger partial charge < -0.3 is 5.73 Å². The summed E-state index contributed by atoms with van der Waals surface area (Å²) in [5.74, 6) is 0.